The van der Waals surface area contributed by atoms with Crippen molar-refractivity contribution < 1.29 is 9.84 Å². The van der Waals surface area contributed by atoms with Gasteiger partial charge in [-0.2, -0.15) is 0 Å². The Morgan fingerprint density at radius 3 is 2.47 bits per heavy atom. The maximum absolute atomic E-state index is 9.73. The number of hydrogen-bond donors (Lipinski definition) is 1. The Labute approximate surface area is 90.5 Å². The van der Waals surface area contributed by atoms with Gasteiger partial charge in [-0.1, -0.05) is 18.2 Å². The van der Waals surface area contributed by atoms with Crippen LogP contribution in [0.1, 0.15) is 11.1 Å². The van der Waals surface area contributed by atoms with Gasteiger partial charge in [0.25, 0.3) is 0 Å². The normalized spacial score (nSPS) is 9.67. The smallest absolute Gasteiger partial charge is 0.163 e. The summed E-state index contributed by atoms with van der Waals surface area (Å²) in [5, 5.41) is 9.73. The van der Waals surface area contributed by atoms with Crippen molar-refractivity contribution in [3.63, 3.8) is 0 Å². The molecule has 2 heteroatoms. The van der Waals surface area contributed by atoms with Gasteiger partial charge in [0, 0.05) is 5.56 Å². The third-order valence-corrected chi connectivity index (χ3v) is 2.15. The molecule has 0 heterocycles. The number of phenols is 1. The van der Waals surface area contributed by atoms with Crippen molar-refractivity contribution >= 4 is 0 Å². The average molecular weight is 204 g/mol. The molecule has 0 bridgehead atoms. The molecule has 0 unspecified atom stereocenters. The number of hydrogen-bond acceptors (Lipinski definition) is 2. The minimum Gasteiger partial charge on any atom is -0.504 e. The third kappa shape index (κ3) is 2.62. The summed E-state index contributed by atoms with van der Waals surface area (Å²) >= 11 is 0. The molecule has 80 valence electrons. The molecule has 1 N–H and O–H groups in total. The number of aromatic hydroxyl groups is 1. The van der Waals surface area contributed by atoms with E-state index in [-0.39, 0.29) is 5.75 Å². The van der Waals surface area contributed by atoms with Crippen molar-refractivity contribution in [2.24, 2.45) is 0 Å². The van der Waals surface area contributed by atoms with Crippen molar-refractivity contribution in [1.82, 2.24) is 0 Å². The molecule has 0 aliphatic carbocycles. The summed E-state index contributed by atoms with van der Waals surface area (Å²) in [5.74, 6) is 0.705. The number of methoxy groups -OCH3 is 1. The maximum atomic E-state index is 9.73. The van der Waals surface area contributed by atoms with Gasteiger partial charge in [0.15, 0.2) is 11.5 Å². The van der Waals surface area contributed by atoms with E-state index in [0.717, 1.165) is 17.5 Å². The maximum Gasteiger partial charge on any atom is 0.163 e. The van der Waals surface area contributed by atoms with E-state index in [1.807, 2.05) is 6.07 Å². The zero-order valence-electron chi connectivity index (χ0n) is 8.99. The summed E-state index contributed by atoms with van der Waals surface area (Å²) in [4.78, 5) is 0. The predicted octanol–water partition coefficient (Wildman–Crippen LogP) is 2.86. The van der Waals surface area contributed by atoms with E-state index < -0.39 is 0 Å². The molecule has 0 radical (unpaired) electrons. The second-order valence-electron chi connectivity index (χ2n) is 3.29. The first-order chi connectivity index (χ1) is 7.22. The van der Waals surface area contributed by atoms with E-state index in [0.29, 0.717) is 12.2 Å². The molecular formula is C13H16O2. The van der Waals surface area contributed by atoms with Crippen molar-refractivity contribution in [1.29, 1.82) is 0 Å². The van der Waals surface area contributed by atoms with Crippen LogP contribution in [0.25, 0.3) is 0 Å². The number of allylic oxidation sites excluding steroid dienone is 2. The van der Waals surface area contributed by atoms with Crippen LogP contribution in [0, 0.1) is 0 Å². The van der Waals surface area contributed by atoms with Crippen molar-refractivity contribution in [2.45, 2.75) is 12.8 Å². The van der Waals surface area contributed by atoms with Gasteiger partial charge in [-0.3, -0.25) is 0 Å². The zero-order valence-corrected chi connectivity index (χ0v) is 8.99. The number of benzene rings is 1. The van der Waals surface area contributed by atoms with Crippen LogP contribution in [0.2, 0.25) is 0 Å². The highest BCUT2D eigenvalue weighted by molar-refractivity contribution is 5.49. The van der Waals surface area contributed by atoms with E-state index in [1.165, 1.54) is 0 Å². The van der Waals surface area contributed by atoms with Gasteiger partial charge >= 0.3 is 0 Å². The fraction of sp³-hybridized carbons (Fsp3) is 0.231. The van der Waals surface area contributed by atoms with Crippen molar-refractivity contribution in [3.8, 4) is 11.5 Å². The Morgan fingerprint density at radius 2 is 1.93 bits per heavy atom. The molecule has 0 atom stereocenters. The molecule has 0 saturated carbocycles. The first-order valence-corrected chi connectivity index (χ1v) is 4.83. The van der Waals surface area contributed by atoms with E-state index in [1.54, 1.807) is 25.3 Å². The number of ether oxygens (including phenoxy) is 1. The lowest BCUT2D eigenvalue weighted by molar-refractivity contribution is 0.369. The van der Waals surface area contributed by atoms with Crippen LogP contribution in [0.4, 0.5) is 0 Å². The minimum absolute atomic E-state index is 0.175. The zero-order chi connectivity index (χ0) is 11.3. The summed E-state index contributed by atoms with van der Waals surface area (Å²) in [7, 11) is 1.55. The van der Waals surface area contributed by atoms with Crippen LogP contribution in [0.5, 0.6) is 11.5 Å². The highest BCUT2D eigenvalue weighted by Gasteiger charge is 2.09. The van der Waals surface area contributed by atoms with Gasteiger partial charge in [-0.25, -0.2) is 0 Å². The topological polar surface area (TPSA) is 29.5 Å². The lowest BCUT2D eigenvalue weighted by atomic mass is 10.0. The molecule has 0 spiro atoms. The fourth-order valence-corrected chi connectivity index (χ4v) is 1.56. The molecule has 0 amide bonds. The molecule has 1 aromatic rings. The quantitative estimate of drug-likeness (QED) is 0.747. The van der Waals surface area contributed by atoms with Gasteiger partial charge in [0.1, 0.15) is 0 Å². The molecule has 15 heavy (non-hydrogen) atoms. The molecule has 0 aliphatic heterocycles. The summed E-state index contributed by atoms with van der Waals surface area (Å²) in [6, 6.07) is 3.70. The van der Waals surface area contributed by atoms with Crippen LogP contribution in [0.15, 0.2) is 37.4 Å². The Morgan fingerprint density at radius 1 is 1.27 bits per heavy atom. The first kappa shape index (κ1) is 11.4. The van der Waals surface area contributed by atoms with Gasteiger partial charge in [0.05, 0.1) is 7.11 Å². The Bertz CT molecular complexity index is 367. The number of phenolic OH excluding ortho intramolecular Hbond substituents is 1. The Kier molecular flexibility index (Phi) is 3.98. The molecule has 0 aliphatic rings. The molecular weight excluding hydrogens is 188 g/mol. The Balaban J connectivity index is 3.17. The molecule has 0 aromatic heterocycles. The van der Waals surface area contributed by atoms with Crippen LogP contribution in [0.3, 0.4) is 0 Å². The van der Waals surface area contributed by atoms with Gasteiger partial charge in [0.2, 0.25) is 0 Å². The largest absolute Gasteiger partial charge is 0.504 e. The summed E-state index contributed by atoms with van der Waals surface area (Å²) in [6.45, 7) is 7.35. The first-order valence-electron chi connectivity index (χ1n) is 4.83. The van der Waals surface area contributed by atoms with Crippen molar-refractivity contribution in [2.75, 3.05) is 7.11 Å². The lowest BCUT2D eigenvalue weighted by Gasteiger charge is -2.10. The number of rotatable bonds is 5. The molecule has 1 rings (SSSR count). The highest BCUT2D eigenvalue weighted by atomic mass is 16.5. The van der Waals surface area contributed by atoms with Gasteiger partial charge in [-0.15, -0.1) is 13.2 Å². The van der Waals surface area contributed by atoms with Crippen LogP contribution >= 0.6 is 0 Å². The monoisotopic (exact) mass is 204 g/mol. The molecule has 0 fully saturated rings. The second kappa shape index (κ2) is 5.25. The fourth-order valence-electron chi connectivity index (χ4n) is 1.56. The van der Waals surface area contributed by atoms with E-state index in [4.69, 9.17) is 4.74 Å². The van der Waals surface area contributed by atoms with Crippen LogP contribution in [-0.2, 0) is 12.8 Å². The molecule has 1 aromatic carbocycles. The summed E-state index contributed by atoms with van der Waals surface area (Å²) < 4.78 is 5.14. The summed E-state index contributed by atoms with van der Waals surface area (Å²) in [5.41, 5.74) is 1.98. The molecule has 0 saturated heterocycles. The lowest BCUT2D eigenvalue weighted by Crippen LogP contribution is -1.94. The van der Waals surface area contributed by atoms with E-state index >= 15 is 0 Å². The summed E-state index contributed by atoms with van der Waals surface area (Å²) in [6.07, 6.45) is 5.01. The SMILES string of the molecule is C=CCc1cc(O)c(OC)c(CC=C)c1. The third-order valence-electron chi connectivity index (χ3n) is 2.15. The van der Waals surface area contributed by atoms with Crippen molar-refractivity contribution in [3.05, 3.63) is 48.6 Å². The van der Waals surface area contributed by atoms with Gasteiger partial charge in [-0.05, 0) is 24.5 Å². The predicted molar refractivity (Wildman–Crippen MR) is 62.5 cm³/mol. The standard InChI is InChI=1S/C13H16O2/c1-4-6-10-8-11(7-5-2)13(15-3)12(14)9-10/h4-5,8-9,14H,1-2,6-7H2,3H3. The van der Waals surface area contributed by atoms with Crippen LogP contribution in [-0.4, -0.2) is 12.2 Å². The van der Waals surface area contributed by atoms with E-state index in [2.05, 4.69) is 13.2 Å². The minimum atomic E-state index is 0.175. The average Bonchev–Trinajstić information content (AvgIpc) is 2.18. The van der Waals surface area contributed by atoms with Crippen LogP contribution < -0.4 is 4.74 Å². The van der Waals surface area contributed by atoms with E-state index in [9.17, 15) is 5.11 Å². The Hall–Kier alpha value is -1.70. The second-order valence-corrected chi connectivity index (χ2v) is 3.29. The molecule has 2 nitrogen and oxygen atoms in total. The highest BCUT2D eigenvalue weighted by Crippen LogP contribution is 2.32. The van der Waals surface area contributed by atoms with Gasteiger partial charge < -0.3 is 9.84 Å².